The molecule has 19 heavy (non-hydrogen) atoms. The monoisotopic (exact) mass is 281 g/mol. The molecule has 1 unspecified atom stereocenters. The van der Waals surface area contributed by atoms with E-state index in [2.05, 4.69) is 29.1 Å². The SMILES string of the molecule is CCNC(Cc1ccsc1)C1(OC)CCCCCC1. The molecule has 0 radical (unpaired) electrons. The number of thiophene rings is 1. The molecule has 1 heterocycles. The number of hydrogen-bond acceptors (Lipinski definition) is 3. The van der Waals surface area contributed by atoms with Gasteiger partial charge in [0.1, 0.15) is 0 Å². The summed E-state index contributed by atoms with van der Waals surface area (Å²) in [4.78, 5) is 0. The molecule has 2 rings (SSSR count). The van der Waals surface area contributed by atoms with Crippen molar-refractivity contribution in [2.24, 2.45) is 0 Å². The van der Waals surface area contributed by atoms with E-state index in [9.17, 15) is 0 Å². The van der Waals surface area contributed by atoms with Gasteiger partial charge in [0.25, 0.3) is 0 Å². The van der Waals surface area contributed by atoms with Crippen LogP contribution in [0.3, 0.4) is 0 Å². The van der Waals surface area contributed by atoms with E-state index in [1.807, 2.05) is 7.11 Å². The van der Waals surface area contributed by atoms with E-state index in [4.69, 9.17) is 4.74 Å². The molecule has 3 heteroatoms. The maximum atomic E-state index is 6.06. The van der Waals surface area contributed by atoms with Gasteiger partial charge < -0.3 is 10.1 Å². The Balaban J connectivity index is 2.13. The molecule has 1 aromatic rings. The lowest BCUT2D eigenvalue weighted by molar-refractivity contribution is -0.0522. The lowest BCUT2D eigenvalue weighted by Crippen LogP contribution is -2.53. The van der Waals surface area contributed by atoms with Crippen LogP contribution in [-0.2, 0) is 11.2 Å². The summed E-state index contributed by atoms with van der Waals surface area (Å²) in [6, 6.07) is 2.69. The maximum Gasteiger partial charge on any atom is 0.0834 e. The molecule has 0 aliphatic heterocycles. The maximum absolute atomic E-state index is 6.06. The number of rotatable bonds is 6. The molecule has 1 aliphatic carbocycles. The van der Waals surface area contributed by atoms with Crippen molar-refractivity contribution >= 4 is 11.3 Å². The summed E-state index contributed by atoms with van der Waals surface area (Å²) < 4.78 is 6.06. The largest absolute Gasteiger partial charge is 0.377 e. The van der Waals surface area contributed by atoms with Gasteiger partial charge in [-0.2, -0.15) is 11.3 Å². The minimum Gasteiger partial charge on any atom is -0.377 e. The van der Waals surface area contributed by atoms with Gasteiger partial charge in [-0.3, -0.25) is 0 Å². The third-order valence-corrected chi connectivity index (χ3v) is 5.19. The number of hydrogen-bond donors (Lipinski definition) is 1. The van der Waals surface area contributed by atoms with Crippen LogP contribution in [0.5, 0.6) is 0 Å². The van der Waals surface area contributed by atoms with Crippen LogP contribution < -0.4 is 5.32 Å². The van der Waals surface area contributed by atoms with Crippen molar-refractivity contribution < 1.29 is 4.74 Å². The lowest BCUT2D eigenvalue weighted by Gasteiger charge is -2.40. The van der Waals surface area contributed by atoms with Gasteiger partial charge >= 0.3 is 0 Å². The van der Waals surface area contributed by atoms with E-state index >= 15 is 0 Å². The first kappa shape index (κ1) is 15.0. The Kier molecular flexibility index (Phi) is 5.86. The predicted molar refractivity (Wildman–Crippen MR) is 82.9 cm³/mol. The Morgan fingerprint density at radius 3 is 2.58 bits per heavy atom. The first-order chi connectivity index (χ1) is 9.30. The summed E-state index contributed by atoms with van der Waals surface area (Å²) in [5.74, 6) is 0. The Labute approximate surface area is 121 Å². The van der Waals surface area contributed by atoms with Gasteiger partial charge in [0, 0.05) is 13.2 Å². The van der Waals surface area contributed by atoms with Crippen molar-refractivity contribution in [1.82, 2.24) is 5.32 Å². The molecular weight excluding hydrogens is 254 g/mol. The third kappa shape index (κ3) is 3.80. The molecule has 0 amide bonds. The molecular formula is C16H27NOS. The summed E-state index contributed by atoms with van der Waals surface area (Å²) in [5.41, 5.74) is 1.48. The highest BCUT2D eigenvalue weighted by molar-refractivity contribution is 7.07. The first-order valence-electron chi connectivity index (χ1n) is 7.60. The van der Waals surface area contributed by atoms with Gasteiger partial charge in [-0.1, -0.05) is 32.6 Å². The van der Waals surface area contributed by atoms with Crippen LogP contribution in [0.4, 0.5) is 0 Å². The van der Waals surface area contributed by atoms with E-state index < -0.39 is 0 Å². The molecule has 0 aromatic carbocycles. The minimum atomic E-state index is 0.0362. The number of ether oxygens (including phenoxy) is 1. The topological polar surface area (TPSA) is 21.3 Å². The second kappa shape index (κ2) is 7.41. The second-order valence-corrected chi connectivity index (χ2v) is 6.41. The van der Waals surface area contributed by atoms with Crippen molar-refractivity contribution in [2.75, 3.05) is 13.7 Å². The van der Waals surface area contributed by atoms with Gasteiger partial charge in [0.15, 0.2) is 0 Å². The van der Waals surface area contributed by atoms with E-state index in [0.29, 0.717) is 6.04 Å². The fourth-order valence-electron chi connectivity index (χ4n) is 3.36. The molecule has 1 saturated carbocycles. The van der Waals surface area contributed by atoms with Gasteiger partial charge in [0.2, 0.25) is 0 Å². The Morgan fingerprint density at radius 2 is 2.05 bits per heavy atom. The van der Waals surface area contributed by atoms with Crippen molar-refractivity contribution in [1.29, 1.82) is 0 Å². The first-order valence-corrected chi connectivity index (χ1v) is 8.54. The van der Waals surface area contributed by atoms with E-state index in [1.165, 1.54) is 44.1 Å². The van der Waals surface area contributed by atoms with Crippen molar-refractivity contribution in [3.8, 4) is 0 Å². The number of methoxy groups -OCH3 is 1. The van der Waals surface area contributed by atoms with Crippen LogP contribution in [0.2, 0.25) is 0 Å². The van der Waals surface area contributed by atoms with Gasteiger partial charge in [-0.05, 0) is 48.2 Å². The van der Waals surface area contributed by atoms with Crippen molar-refractivity contribution in [2.45, 2.75) is 63.5 Å². The molecule has 1 aliphatic rings. The number of likely N-dealkylation sites (N-methyl/N-ethyl adjacent to an activating group) is 1. The normalized spacial score (nSPS) is 20.9. The fourth-order valence-corrected chi connectivity index (χ4v) is 4.04. The average molecular weight is 281 g/mol. The van der Waals surface area contributed by atoms with Crippen molar-refractivity contribution in [3.63, 3.8) is 0 Å². The summed E-state index contributed by atoms with van der Waals surface area (Å²) in [6.45, 7) is 3.21. The summed E-state index contributed by atoms with van der Waals surface area (Å²) in [5, 5.41) is 8.13. The van der Waals surface area contributed by atoms with Gasteiger partial charge in [0.05, 0.1) is 5.60 Å². The standard InChI is InChI=1S/C16H27NOS/c1-3-17-15(12-14-8-11-19-13-14)16(18-2)9-6-4-5-7-10-16/h8,11,13,15,17H,3-7,9-10,12H2,1-2H3. The van der Waals surface area contributed by atoms with Crippen LogP contribution >= 0.6 is 11.3 Å². The van der Waals surface area contributed by atoms with Crippen LogP contribution in [-0.4, -0.2) is 25.3 Å². The lowest BCUT2D eigenvalue weighted by atomic mass is 9.83. The van der Waals surface area contributed by atoms with Crippen LogP contribution in [0, 0.1) is 0 Å². The van der Waals surface area contributed by atoms with Gasteiger partial charge in [-0.15, -0.1) is 0 Å². The summed E-state index contributed by atoms with van der Waals surface area (Å²) in [6.07, 6.45) is 8.82. The molecule has 0 bridgehead atoms. The van der Waals surface area contributed by atoms with Crippen molar-refractivity contribution in [3.05, 3.63) is 22.4 Å². The van der Waals surface area contributed by atoms with Crippen LogP contribution in [0.1, 0.15) is 51.0 Å². The molecule has 1 fully saturated rings. The Bertz CT molecular complexity index is 342. The number of nitrogens with one attached hydrogen (secondary N) is 1. The minimum absolute atomic E-state index is 0.0362. The molecule has 1 aromatic heterocycles. The highest BCUT2D eigenvalue weighted by atomic mass is 32.1. The van der Waals surface area contributed by atoms with E-state index in [0.717, 1.165) is 13.0 Å². The Hall–Kier alpha value is -0.380. The molecule has 108 valence electrons. The fraction of sp³-hybridized carbons (Fsp3) is 0.750. The van der Waals surface area contributed by atoms with E-state index in [1.54, 1.807) is 11.3 Å². The van der Waals surface area contributed by atoms with E-state index in [-0.39, 0.29) is 5.60 Å². The summed E-state index contributed by atoms with van der Waals surface area (Å²) in [7, 11) is 1.91. The van der Waals surface area contributed by atoms with Gasteiger partial charge in [-0.25, -0.2) is 0 Å². The molecule has 0 spiro atoms. The molecule has 1 atom stereocenters. The predicted octanol–water partition coefficient (Wildman–Crippen LogP) is 4.01. The molecule has 1 N–H and O–H groups in total. The second-order valence-electron chi connectivity index (χ2n) is 5.63. The Morgan fingerprint density at radius 1 is 1.32 bits per heavy atom. The highest BCUT2D eigenvalue weighted by Crippen LogP contribution is 2.34. The zero-order valence-electron chi connectivity index (χ0n) is 12.3. The summed E-state index contributed by atoms with van der Waals surface area (Å²) >= 11 is 1.79. The zero-order valence-corrected chi connectivity index (χ0v) is 13.1. The van der Waals surface area contributed by atoms with Crippen LogP contribution in [0.15, 0.2) is 16.8 Å². The smallest absolute Gasteiger partial charge is 0.0834 e. The molecule has 0 saturated heterocycles. The molecule has 2 nitrogen and oxygen atoms in total. The zero-order chi connectivity index (χ0) is 13.6. The average Bonchev–Trinajstić information content (AvgIpc) is 2.81. The third-order valence-electron chi connectivity index (χ3n) is 4.46. The quantitative estimate of drug-likeness (QED) is 0.796. The van der Waals surface area contributed by atoms with Crippen LogP contribution in [0.25, 0.3) is 0 Å². The highest BCUT2D eigenvalue weighted by Gasteiger charge is 2.38.